The van der Waals surface area contributed by atoms with Gasteiger partial charge in [-0.25, -0.2) is 8.42 Å². The van der Waals surface area contributed by atoms with Gasteiger partial charge in [0.15, 0.2) is 0 Å². The van der Waals surface area contributed by atoms with E-state index in [4.69, 9.17) is 9.26 Å². The van der Waals surface area contributed by atoms with Gasteiger partial charge in [-0.2, -0.15) is 4.31 Å². The van der Waals surface area contributed by atoms with Crippen molar-refractivity contribution in [3.05, 3.63) is 47.3 Å². The van der Waals surface area contributed by atoms with Gasteiger partial charge in [0.05, 0.1) is 23.8 Å². The van der Waals surface area contributed by atoms with E-state index in [0.717, 1.165) is 5.56 Å². The zero-order valence-electron chi connectivity index (χ0n) is 18.6. The van der Waals surface area contributed by atoms with Gasteiger partial charge in [0.1, 0.15) is 0 Å². The molecular weight excluding hydrogens is 448 g/mol. The van der Waals surface area contributed by atoms with Crippen molar-refractivity contribution < 1.29 is 27.3 Å². The number of amides is 2. The number of carbonyl (C=O) groups excluding carboxylic acids is 2. The van der Waals surface area contributed by atoms with Crippen molar-refractivity contribution in [1.82, 2.24) is 19.3 Å². The number of benzene rings is 1. The highest BCUT2D eigenvalue weighted by Gasteiger charge is 2.28. The average molecular weight is 477 g/mol. The topological polar surface area (TPSA) is 113 Å². The van der Waals surface area contributed by atoms with Gasteiger partial charge in [-0.3, -0.25) is 9.59 Å². The fourth-order valence-electron chi connectivity index (χ4n) is 3.95. The van der Waals surface area contributed by atoms with Crippen molar-refractivity contribution in [2.45, 2.75) is 24.7 Å². The minimum absolute atomic E-state index is 0.0163. The van der Waals surface area contributed by atoms with E-state index in [-0.39, 0.29) is 22.5 Å². The molecule has 3 heterocycles. The Morgan fingerprint density at radius 1 is 0.970 bits per heavy atom. The first-order valence-corrected chi connectivity index (χ1v) is 12.5. The summed E-state index contributed by atoms with van der Waals surface area (Å²) in [6.45, 7) is 5.10. The Labute approximate surface area is 193 Å². The van der Waals surface area contributed by atoms with Crippen LogP contribution < -0.4 is 0 Å². The van der Waals surface area contributed by atoms with Gasteiger partial charge in [-0.05, 0) is 31.0 Å². The van der Waals surface area contributed by atoms with Crippen molar-refractivity contribution in [1.29, 1.82) is 0 Å². The lowest BCUT2D eigenvalue weighted by atomic mass is 10.1. The molecule has 0 bridgehead atoms. The van der Waals surface area contributed by atoms with Crippen LogP contribution in [-0.4, -0.2) is 92.0 Å². The first kappa shape index (κ1) is 23.4. The molecule has 0 aliphatic carbocycles. The van der Waals surface area contributed by atoms with Crippen LogP contribution in [-0.2, 0) is 26.0 Å². The second-order valence-electron chi connectivity index (χ2n) is 8.17. The molecule has 0 N–H and O–H groups in total. The molecule has 4 rings (SSSR count). The molecule has 2 amide bonds. The molecule has 33 heavy (non-hydrogen) atoms. The zero-order chi connectivity index (χ0) is 23.4. The molecule has 2 fully saturated rings. The van der Waals surface area contributed by atoms with Crippen molar-refractivity contribution in [2.75, 3.05) is 52.5 Å². The Kier molecular flexibility index (Phi) is 7.11. The molecule has 178 valence electrons. The van der Waals surface area contributed by atoms with Crippen LogP contribution in [0.2, 0.25) is 0 Å². The molecule has 0 atom stereocenters. The number of hydrogen-bond acceptors (Lipinski definition) is 7. The smallest absolute Gasteiger partial charge is 0.292 e. The Balaban J connectivity index is 1.26. The lowest BCUT2D eigenvalue weighted by Crippen LogP contribution is -2.50. The molecule has 1 aromatic carbocycles. The summed E-state index contributed by atoms with van der Waals surface area (Å²) in [5, 5.41) is 3.74. The van der Waals surface area contributed by atoms with E-state index in [1.807, 2.05) is 0 Å². The predicted molar refractivity (Wildman–Crippen MR) is 118 cm³/mol. The summed E-state index contributed by atoms with van der Waals surface area (Å²) >= 11 is 0. The van der Waals surface area contributed by atoms with E-state index in [0.29, 0.717) is 71.0 Å². The van der Waals surface area contributed by atoms with Crippen LogP contribution >= 0.6 is 0 Å². The normalized spacial score (nSPS) is 17.8. The number of nitrogens with zero attached hydrogens (tertiary/aromatic N) is 4. The second kappa shape index (κ2) is 10.0. The van der Waals surface area contributed by atoms with E-state index >= 15 is 0 Å². The first-order valence-electron chi connectivity index (χ1n) is 11.0. The van der Waals surface area contributed by atoms with Gasteiger partial charge in [-0.15, -0.1) is 0 Å². The zero-order valence-corrected chi connectivity index (χ0v) is 19.4. The number of hydrogen-bond donors (Lipinski definition) is 0. The third kappa shape index (κ3) is 5.43. The average Bonchev–Trinajstić information content (AvgIpc) is 3.29. The van der Waals surface area contributed by atoms with Crippen LogP contribution in [0.5, 0.6) is 0 Å². The van der Waals surface area contributed by atoms with E-state index in [1.54, 1.807) is 47.1 Å². The van der Waals surface area contributed by atoms with Crippen LogP contribution in [0.15, 0.2) is 39.8 Å². The molecule has 0 saturated carbocycles. The first-order chi connectivity index (χ1) is 15.8. The number of rotatable bonds is 6. The van der Waals surface area contributed by atoms with E-state index in [1.165, 1.54) is 4.31 Å². The fraction of sp³-hybridized carbons (Fsp3) is 0.500. The molecule has 11 heteroatoms. The molecule has 2 saturated heterocycles. The van der Waals surface area contributed by atoms with Crippen LogP contribution in [0.25, 0.3) is 0 Å². The lowest BCUT2D eigenvalue weighted by Gasteiger charge is -2.34. The Morgan fingerprint density at radius 3 is 2.21 bits per heavy atom. The van der Waals surface area contributed by atoms with Gasteiger partial charge >= 0.3 is 0 Å². The molecule has 2 aliphatic heterocycles. The molecule has 0 radical (unpaired) electrons. The Hall–Kier alpha value is -2.76. The maximum Gasteiger partial charge on any atom is 0.292 e. The summed E-state index contributed by atoms with van der Waals surface area (Å²) in [6.07, 6.45) is 0.845. The summed E-state index contributed by atoms with van der Waals surface area (Å²) in [6, 6.07) is 8.32. The van der Waals surface area contributed by atoms with Crippen LogP contribution in [0.3, 0.4) is 0 Å². The molecule has 2 aromatic rings. The summed E-state index contributed by atoms with van der Waals surface area (Å²) in [7, 11) is -3.52. The number of piperazine rings is 1. The van der Waals surface area contributed by atoms with Crippen LogP contribution in [0.1, 0.15) is 28.2 Å². The van der Waals surface area contributed by atoms with Crippen molar-refractivity contribution in [3.8, 4) is 0 Å². The molecule has 0 spiro atoms. The molecule has 1 aromatic heterocycles. The number of ether oxygens (including phenoxy) is 1. The molecule has 10 nitrogen and oxygen atoms in total. The maximum atomic E-state index is 12.7. The van der Waals surface area contributed by atoms with Crippen LogP contribution in [0, 0.1) is 6.92 Å². The van der Waals surface area contributed by atoms with Crippen LogP contribution in [0.4, 0.5) is 0 Å². The third-order valence-corrected chi connectivity index (χ3v) is 7.83. The second-order valence-corrected chi connectivity index (χ2v) is 10.1. The minimum atomic E-state index is -3.52. The van der Waals surface area contributed by atoms with Gasteiger partial charge < -0.3 is 19.1 Å². The summed E-state index contributed by atoms with van der Waals surface area (Å²) in [5.41, 5.74) is 1.55. The molecule has 0 unspecified atom stereocenters. The minimum Gasteiger partial charge on any atom is -0.379 e. The van der Waals surface area contributed by atoms with Gasteiger partial charge in [0.2, 0.25) is 21.7 Å². The summed E-state index contributed by atoms with van der Waals surface area (Å²) in [4.78, 5) is 28.7. The summed E-state index contributed by atoms with van der Waals surface area (Å²) in [5.74, 6) is 0.0174. The van der Waals surface area contributed by atoms with Gasteiger partial charge in [0, 0.05) is 51.8 Å². The molecular formula is C22H28N4O6S. The Bertz CT molecular complexity index is 1080. The van der Waals surface area contributed by atoms with Crippen molar-refractivity contribution in [2.24, 2.45) is 0 Å². The standard InChI is InChI=1S/C22H28N4O6S/c1-17-16-20(32-23-17)22(28)25-10-8-24(9-11-25)21(27)7-4-18-2-5-19(6-3-18)33(29,30)26-12-14-31-15-13-26/h2-3,5-6,16H,4,7-15H2,1H3. The quantitative estimate of drug-likeness (QED) is 0.609. The number of aromatic nitrogens is 1. The van der Waals surface area contributed by atoms with E-state index < -0.39 is 10.0 Å². The van der Waals surface area contributed by atoms with E-state index in [9.17, 15) is 18.0 Å². The Morgan fingerprint density at radius 2 is 1.61 bits per heavy atom. The lowest BCUT2D eigenvalue weighted by molar-refractivity contribution is -0.132. The number of sulfonamides is 1. The van der Waals surface area contributed by atoms with Gasteiger partial charge in [0.25, 0.3) is 5.91 Å². The third-order valence-electron chi connectivity index (χ3n) is 5.92. The monoisotopic (exact) mass is 476 g/mol. The summed E-state index contributed by atoms with van der Waals surface area (Å²) < 4.78 is 37.1. The number of carbonyl (C=O) groups is 2. The predicted octanol–water partition coefficient (Wildman–Crippen LogP) is 0.921. The highest BCUT2D eigenvalue weighted by molar-refractivity contribution is 7.89. The highest BCUT2D eigenvalue weighted by Crippen LogP contribution is 2.19. The van der Waals surface area contributed by atoms with E-state index in [2.05, 4.69) is 5.16 Å². The maximum absolute atomic E-state index is 12.7. The molecule has 2 aliphatic rings. The highest BCUT2D eigenvalue weighted by atomic mass is 32.2. The largest absolute Gasteiger partial charge is 0.379 e. The SMILES string of the molecule is Cc1cc(C(=O)N2CCN(C(=O)CCc3ccc(S(=O)(=O)N4CCOCC4)cc3)CC2)on1. The number of aryl methyl sites for hydroxylation is 2. The van der Waals surface area contributed by atoms with Gasteiger partial charge in [-0.1, -0.05) is 17.3 Å². The van der Waals surface area contributed by atoms with Crippen molar-refractivity contribution >= 4 is 21.8 Å². The van der Waals surface area contributed by atoms with Crippen molar-refractivity contribution in [3.63, 3.8) is 0 Å². The fourth-order valence-corrected chi connectivity index (χ4v) is 5.36. The number of morpholine rings is 1.